The van der Waals surface area contributed by atoms with E-state index >= 15 is 0 Å². The van der Waals surface area contributed by atoms with Crippen molar-refractivity contribution in [3.8, 4) is 11.8 Å². The van der Waals surface area contributed by atoms with E-state index in [1.54, 1.807) is 0 Å². The Morgan fingerprint density at radius 3 is 3.00 bits per heavy atom. The highest BCUT2D eigenvalue weighted by molar-refractivity contribution is 5.43. The second-order valence-corrected chi connectivity index (χ2v) is 5.98. The van der Waals surface area contributed by atoms with Gasteiger partial charge in [0.25, 0.3) is 0 Å². The van der Waals surface area contributed by atoms with Crippen LogP contribution in [0.3, 0.4) is 0 Å². The van der Waals surface area contributed by atoms with Gasteiger partial charge in [-0.25, -0.2) is 0 Å². The molecule has 3 atom stereocenters. The number of para-hydroxylation sites is 1. The molecule has 2 aliphatic rings. The molecule has 0 saturated heterocycles. The molecule has 1 saturated carbocycles. The van der Waals surface area contributed by atoms with E-state index in [9.17, 15) is 5.26 Å². The van der Waals surface area contributed by atoms with E-state index in [0.717, 1.165) is 38.0 Å². The highest BCUT2D eigenvalue weighted by atomic mass is 16.5. The van der Waals surface area contributed by atoms with Crippen LogP contribution in [0.25, 0.3) is 0 Å². The smallest absolute Gasteiger partial charge is 0.126 e. The maximum atomic E-state index is 9.25. The number of hydrogen-bond donors (Lipinski definition) is 1. The molecule has 0 spiro atoms. The molecule has 3 heteroatoms. The molecular formula is C17H22N2O. The van der Waals surface area contributed by atoms with Crippen molar-refractivity contribution in [1.29, 1.82) is 5.26 Å². The predicted molar refractivity (Wildman–Crippen MR) is 78.5 cm³/mol. The fourth-order valence-electron chi connectivity index (χ4n) is 3.51. The lowest BCUT2D eigenvalue weighted by Crippen LogP contribution is -2.35. The lowest BCUT2D eigenvalue weighted by atomic mass is 9.97. The second kappa shape index (κ2) is 5.85. The molecule has 0 amide bonds. The fourth-order valence-corrected chi connectivity index (χ4v) is 3.51. The number of nitriles is 1. The third-order valence-corrected chi connectivity index (χ3v) is 4.60. The molecule has 1 heterocycles. The van der Waals surface area contributed by atoms with Gasteiger partial charge < -0.3 is 10.1 Å². The molecule has 0 aromatic heterocycles. The van der Waals surface area contributed by atoms with E-state index in [1.165, 1.54) is 17.5 Å². The van der Waals surface area contributed by atoms with Crippen molar-refractivity contribution in [2.45, 2.75) is 51.1 Å². The third-order valence-electron chi connectivity index (χ3n) is 4.60. The lowest BCUT2D eigenvalue weighted by Gasteiger charge is -2.25. The number of ether oxygens (including phenoxy) is 1. The lowest BCUT2D eigenvalue weighted by molar-refractivity contribution is 0.311. The number of hydrogen-bond acceptors (Lipinski definition) is 3. The summed E-state index contributed by atoms with van der Waals surface area (Å²) in [6.45, 7) is 2.90. The summed E-state index contributed by atoms with van der Waals surface area (Å²) in [6, 6.07) is 9.51. The van der Waals surface area contributed by atoms with Gasteiger partial charge in [0.2, 0.25) is 0 Å². The fraction of sp³-hybridized carbons (Fsp3) is 0.588. The van der Waals surface area contributed by atoms with E-state index < -0.39 is 0 Å². The first-order chi connectivity index (χ1) is 9.79. The number of nitrogens with one attached hydrogen (secondary N) is 1. The molecule has 1 aliphatic heterocycles. The average Bonchev–Trinajstić information content (AvgIpc) is 2.80. The zero-order chi connectivity index (χ0) is 13.9. The van der Waals surface area contributed by atoms with E-state index in [-0.39, 0.29) is 5.92 Å². The van der Waals surface area contributed by atoms with Crippen LogP contribution in [0, 0.1) is 24.2 Å². The highest BCUT2D eigenvalue weighted by Gasteiger charge is 2.30. The first-order valence-electron chi connectivity index (χ1n) is 7.67. The Morgan fingerprint density at radius 1 is 1.25 bits per heavy atom. The first kappa shape index (κ1) is 13.5. The van der Waals surface area contributed by atoms with Gasteiger partial charge in [-0.05, 0) is 38.2 Å². The minimum atomic E-state index is 0.174. The highest BCUT2D eigenvalue weighted by Crippen LogP contribution is 2.36. The average molecular weight is 270 g/mol. The summed E-state index contributed by atoms with van der Waals surface area (Å²) in [7, 11) is 0. The SMILES string of the molecule is Cc1cccc2c1OCCCC2NC1CCCC1C#N. The third kappa shape index (κ3) is 2.53. The number of rotatable bonds is 2. The van der Waals surface area contributed by atoms with Crippen LogP contribution in [0.1, 0.15) is 49.3 Å². The molecule has 1 aromatic rings. The summed E-state index contributed by atoms with van der Waals surface area (Å²) in [5, 5.41) is 13.0. The van der Waals surface area contributed by atoms with Gasteiger partial charge in [-0.15, -0.1) is 0 Å². The second-order valence-electron chi connectivity index (χ2n) is 5.98. The Morgan fingerprint density at radius 2 is 2.15 bits per heavy atom. The molecule has 0 bridgehead atoms. The quantitative estimate of drug-likeness (QED) is 0.894. The van der Waals surface area contributed by atoms with Crippen molar-refractivity contribution in [2.75, 3.05) is 6.61 Å². The van der Waals surface area contributed by atoms with Crippen molar-refractivity contribution in [3.05, 3.63) is 29.3 Å². The number of benzene rings is 1. The standard InChI is InChI=1S/C17H22N2O/c1-12-5-2-7-14-16(9-4-10-20-17(12)14)19-15-8-3-6-13(15)11-18/h2,5,7,13,15-16,19H,3-4,6,8-10H2,1H3. The van der Waals surface area contributed by atoms with Crippen molar-refractivity contribution in [2.24, 2.45) is 5.92 Å². The number of fused-ring (bicyclic) bond motifs is 1. The molecule has 20 heavy (non-hydrogen) atoms. The normalized spacial score (nSPS) is 29.1. The topological polar surface area (TPSA) is 45.0 Å². The molecule has 1 N–H and O–H groups in total. The van der Waals surface area contributed by atoms with E-state index in [1.807, 2.05) is 0 Å². The Kier molecular flexibility index (Phi) is 3.93. The Balaban J connectivity index is 1.84. The Labute approximate surface area is 120 Å². The van der Waals surface area contributed by atoms with E-state index in [2.05, 4.69) is 36.5 Å². The first-order valence-corrected chi connectivity index (χ1v) is 7.67. The van der Waals surface area contributed by atoms with Crippen LogP contribution in [-0.2, 0) is 0 Å². The predicted octanol–water partition coefficient (Wildman–Crippen LogP) is 3.49. The van der Waals surface area contributed by atoms with Crippen LogP contribution in [0.5, 0.6) is 5.75 Å². The van der Waals surface area contributed by atoms with Gasteiger partial charge in [-0.2, -0.15) is 5.26 Å². The van der Waals surface area contributed by atoms with Gasteiger partial charge in [0.15, 0.2) is 0 Å². The molecule has 3 nitrogen and oxygen atoms in total. The maximum absolute atomic E-state index is 9.25. The molecule has 3 rings (SSSR count). The number of nitrogens with zero attached hydrogens (tertiary/aromatic N) is 1. The number of aryl methyl sites for hydroxylation is 1. The Bertz CT molecular complexity index is 520. The molecule has 0 radical (unpaired) electrons. The molecule has 3 unspecified atom stereocenters. The Hall–Kier alpha value is -1.53. The summed E-state index contributed by atoms with van der Waals surface area (Å²) < 4.78 is 5.92. The maximum Gasteiger partial charge on any atom is 0.126 e. The summed E-state index contributed by atoms with van der Waals surface area (Å²) in [5.41, 5.74) is 2.48. The zero-order valence-electron chi connectivity index (χ0n) is 12.1. The van der Waals surface area contributed by atoms with Crippen LogP contribution < -0.4 is 10.1 Å². The van der Waals surface area contributed by atoms with Gasteiger partial charge in [-0.3, -0.25) is 0 Å². The summed E-state index contributed by atoms with van der Waals surface area (Å²) >= 11 is 0. The minimum Gasteiger partial charge on any atom is -0.493 e. The molecule has 106 valence electrons. The van der Waals surface area contributed by atoms with E-state index in [0.29, 0.717) is 12.1 Å². The van der Waals surface area contributed by atoms with Crippen LogP contribution in [-0.4, -0.2) is 12.6 Å². The van der Waals surface area contributed by atoms with Gasteiger partial charge >= 0.3 is 0 Å². The van der Waals surface area contributed by atoms with Gasteiger partial charge in [-0.1, -0.05) is 24.6 Å². The summed E-state index contributed by atoms with van der Waals surface area (Å²) in [6.07, 6.45) is 5.48. The van der Waals surface area contributed by atoms with Gasteiger partial charge in [0.05, 0.1) is 18.6 Å². The van der Waals surface area contributed by atoms with Crippen molar-refractivity contribution in [3.63, 3.8) is 0 Å². The van der Waals surface area contributed by atoms with Crippen molar-refractivity contribution in [1.82, 2.24) is 5.32 Å². The van der Waals surface area contributed by atoms with E-state index in [4.69, 9.17) is 4.74 Å². The molecular weight excluding hydrogens is 248 g/mol. The minimum absolute atomic E-state index is 0.174. The van der Waals surface area contributed by atoms with Gasteiger partial charge in [0.1, 0.15) is 5.75 Å². The zero-order valence-corrected chi connectivity index (χ0v) is 12.1. The van der Waals surface area contributed by atoms with Gasteiger partial charge in [0, 0.05) is 17.6 Å². The summed E-state index contributed by atoms with van der Waals surface area (Å²) in [4.78, 5) is 0. The van der Waals surface area contributed by atoms with Crippen LogP contribution in [0.2, 0.25) is 0 Å². The largest absolute Gasteiger partial charge is 0.493 e. The van der Waals surface area contributed by atoms with Crippen molar-refractivity contribution >= 4 is 0 Å². The van der Waals surface area contributed by atoms with Crippen LogP contribution >= 0.6 is 0 Å². The molecule has 1 aromatic carbocycles. The monoisotopic (exact) mass is 270 g/mol. The van der Waals surface area contributed by atoms with Crippen LogP contribution in [0.15, 0.2) is 18.2 Å². The van der Waals surface area contributed by atoms with Crippen molar-refractivity contribution < 1.29 is 4.74 Å². The molecule has 1 fully saturated rings. The summed E-state index contributed by atoms with van der Waals surface area (Å²) in [5.74, 6) is 1.22. The molecule has 1 aliphatic carbocycles. The van der Waals surface area contributed by atoms with Crippen LogP contribution in [0.4, 0.5) is 0 Å².